The number of hydrogen-bond donors (Lipinski definition) is 1. The summed E-state index contributed by atoms with van der Waals surface area (Å²) in [5.41, 5.74) is -0.560. The van der Waals surface area contributed by atoms with Crippen LogP contribution in [0.4, 0.5) is 11.4 Å². The standard InChI is InChI=1S/C23H20ClN5O5/c1-14-12-20(30)21(26-28(14)18-6-2-3-7-19(18)29(33)34)22(31)25-17-9-8-15(24)13-16(17)23(32)27-10-4-5-11-27/h2-3,6-9,12-13H,4-5,10-11H2,1H3,(H,25,31). The Morgan fingerprint density at radius 3 is 2.53 bits per heavy atom. The number of amides is 2. The minimum Gasteiger partial charge on any atom is -0.339 e. The van der Waals surface area contributed by atoms with E-state index in [2.05, 4.69) is 10.4 Å². The fourth-order valence-corrected chi connectivity index (χ4v) is 3.99. The molecule has 0 aliphatic carbocycles. The molecule has 174 valence electrons. The number of halogens is 1. The summed E-state index contributed by atoms with van der Waals surface area (Å²) in [4.78, 5) is 51.2. The van der Waals surface area contributed by atoms with Crippen molar-refractivity contribution < 1.29 is 14.5 Å². The summed E-state index contributed by atoms with van der Waals surface area (Å²) in [6, 6.07) is 11.5. The van der Waals surface area contributed by atoms with E-state index in [0.29, 0.717) is 23.8 Å². The molecule has 1 saturated heterocycles. The molecular formula is C23H20ClN5O5. The highest BCUT2D eigenvalue weighted by Gasteiger charge is 2.25. The van der Waals surface area contributed by atoms with Crippen LogP contribution >= 0.6 is 11.6 Å². The maximum atomic E-state index is 13.1. The fraction of sp³-hybridized carbons (Fsp3) is 0.217. The topological polar surface area (TPSA) is 127 Å². The molecule has 3 aromatic rings. The van der Waals surface area contributed by atoms with Gasteiger partial charge < -0.3 is 10.2 Å². The molecule has 0 unspecified atom stereocenters. The number of nitro groups is 1. The largest absolute Gasteiger partial charge is 0.339 e. The average Bonchev–Trinajstić information content (AvgIpc) is 3.35. The van der Waals surface area contributed by atoms with Crippen molar-refractivity contribution in [1.82, 2.24) is 14.7 Å². The van der Waals surface area contributed by atoms with Crippen LogP contribution in [-0.4, -0.2) is 44.5 Å². The molecule has 1 aliphatic heterocycles. The monoisotopic (exact) mass is 481 g/mol. The third kappa shape index (κ3) is 4.53. The van der Waals surface area contributed by atoms with Gasteiger partial charge in [-0.3, -0.25) is 24.5 Å². The van der Waals surface area contributed by atoms with Gasteiger partial charge in [0.1, 0.15) is 5.69 Å². The van der Waals surface area contributed by atoms with Crippen LogP contribution in [0.2, 0.25) is 5.02 Å². The number of aryl methyl sites for hydroxylation is 1. The Balaban J connectivity index is 1.72. The number of nitro benzene ring substituents is 1. The predicted molar refractivity (Wildman–Crippen MR) is 126 cm³/mol. The number of aromatic nitrogens is 2. The first kappa shape index (κ1) is 23.1. The van der Waals surface area contributed by atoms with Crippen molar-refractivity contribution >= 4 is 34.8 Å². The van der Waals surface area contributed by atoms with Gasteiger partial charge in [0.2, 0.25) is 5.43 Å². The lowest BCUT2D eigenvalue weighted by molar-refractivity contribution is -0.384. The Morgan fingerprint density at radius 2 is 1.82 bits per heavy atom. The number of rotatable bonds is 5. The first-order valence-corrected chi connectivity index (χ1v) is 10.9. The molecule has 1 aromatic heterocycles. The zero-order valence-corrected chi connectivity index (χ0v) is 18.9. The summed E-state index contributed by atoms with van der Waals surface area (Å²) in [7, 11) is 0. The third-order valence-electron chi connectivity index (χ3n) is 5.48. The van der Waals surface area contributed by atoms with Crippen molar-refractivity contribution in [3.05, 3.63) is 90.8 Å². The molecule has 2 aromatic carbocycles. The van der Waals surface area contributed by atoms with Crippen molar-refractivity contribution in [2.45, 2.75) is 19.8 Å². The van der Waals surface area contributed by atoms with Crippen LogP contribution in [0.15, 0.2) is 53.3 Å². The van der Waals surface area contributed by atoms with Crippen LogP contribution in [0.5, 0.6) is 0 Å². The first-order valence-electron chi connectivity index (χ1n) is 10.5. The van der Waals surface area contributed by atoms with Crippen LogP contribution < -0.4 is 10.7 Å². The molecular weight excluding hydrogens is 462 g/mol. The summed E-state index contributed by atoms with van der Waals surface area (Å²) in [6.45, 7) is 2.77. The Hall–Kier alpha value is -4.05. The second kappa shape index (κ2) is 9.44. The van der Waals surface area contributed by atoms with Crippen LogP contribution in [0.3, 0.4) is 0 Å². The quantitative estimate of drug-likeness (QED) is 0.438. The fourth-order valence-electron chi connectivity index (χ4n) is 3.82. The SMILES string of the molecule is Cc1cc(=O)c(C(=O)Nc2ccc(Cl)cc2C(=O)N2CCCC2)nn1-c1ccccc1[N+](=O)[O-]. The number of likely N-dealkylation sites (tertiary alicyclic amines) is 1. The summed E-state index contributed by atoms with van der Waals surface area (Å²) in [6.07, 6.45) is 1.79. The zero-order chi connectivity index (χ0) is 24.4. The zero-order valence-electron chi connectivity index (χ0n) is 18.2. The second-order valence-corrected chi connectivity index (χ2v) is 8.24. The van der Waals surface area contributed by atoms with Crippen molar-refractivity contribution in [3.63, 3.8) is 0 Å². The van der Waals surface area contributed by atoms with Gasteiger partial charge in [0.25, 0.3) is 17.5 Å². The van der Waals surface area contributed by atoms with Gasteiger partial charge in [-0.05, 0) is 44.0 Å². The van der Waals surface area contributed by atoms with Gasteiger partial charge in [0.05, 0.1) is 16.2 Å². The lowest BCUT2D eigenvalue weighted by Crippen LogP contribution is -2.30. The van der Waals surface area contributed by atoms with E-state index in [9.17, 15) is 24.5 Å². The smallest absolute Gasteiger partial charge is 0.294 e. The van der Waals surface area contributed by atoms with Crippen molar-refractivity contribution in [3.8, 4) is 5.69 Å². The van der Waals surface area contributed by atoms with E-state index in [1.807, 2.05) is 0 Å². The van der Waals surface area contributed by atoms with E-state index < -0.39 is 22.0 Å². The molecule has 1 fully saturated rings. The van der Waals surface area contributed by atoms with E-state index in [4.69, 9.17) is 11.6 Å². The molecule has 1 aliphatic rings. The van der Waals surface area contributed by atoms with Crippen LogP contribution in [0.25, 0.3) is 5.69 Å². The van der Waals surface area contributed by atoms with Crippen molar-refractivity contribution in [2.75, 3.05) is 18.4 Å². The predicted octanol–water partition coefficient (Wildman–Crippen LogP) is 3.59. The Kier molecular flexibility index (Phi) is 6.42. The van der Waals surface area contributed by atoms with Crippen molar-refractivity contribution in [1.29, 1.82) is 0 Å². The molecule has 2 amide bonds. The number of carbonyl (C=O) groups is 2. The molecule has 2 heterocycles. The molecule has 0 spiro atoms. The highest BCUT2D eigenvalue weighted by molar-refractivity contribution is 6.31. The number of para-hydroxylation sites is 2. The molecule has 0 atom stereocenters. The Labute approximate surface area is 198 Å². The summed E-state index contributed by atoms with van der Waals surface area (Å²) in [5.74, 6) is -1.13. The number of nitrogens with zero attached hydrogens (tertiary/aromatic N) is 4. The van der Waals surface area contributed by atoms with Gasteiger partial charge in [-0.15, -0.1) is 0 Å². The van der Waals surface area contributed by atoms with Crippen LogP contribution in [0.1, 0.15) is 39.4 Å². The number of anilines is 1. The number of nitrogens with one attached hydrogen (secondary N) is 1. The lowest BCUT2D eigenvalue weighted by atomic mass is 10.1. The van der Waals surface area contributed by atoms with Gasteiger partial charge in [0.15, 0.2) is 5.69 Å². The van der Waals surface area contributed by atoms with E-state index in [1.54, 1.807) is 17.9 Å². The lowest BCUT2D eigenvalue weighted by Gasteiger charge is -2.18. The Morgan fingerprint density at radius 1 is 1.12 bits per heavy atom. The molecule has 4 rings (SSSR count). The molecule has 1 N–H and O–H groups in total. The molecule has 34 heavy (non-hydrogen) atoms. The van der Waals surface area contributed by atoms with Gasteiger partial charge >= 0.3 is 0 Å². The van der Waals surface area contributed by atoms with Gasteiger partial charge in [-0.2, -0.15) is 5.10 Å². The minimum atomic E-state index is -0.852. The average molecular weight is 482 g/mol. The summed E-state index contributed by atoms with van der Waals surface area (Å²) >= 11 is 6.09. The second-order valence-electron chi connectivity index (χ2n) is 7.80. The van der Waals surface area contributed by atoms with Gasteiger partial charge in [0, 0.05) is 35.9 Å². The maximum absolute atomic E-state index is 13.1. The maximum Gasteiger partial charge on any atom is 0.294 e. The number of benzene rings is 2. The van der Waals surface area contributed by atoms with Gasteiger partial charge in [-0.1, -0.05) is 23.7 Å². The van der Waals surface area contributed by atoms with Crippen molar-refractivity contribution in [2.24, 2.45) is 0 Å². The third-order valence-corrected chi connectivity index (χ3v) is 5.72. The highest BCUT2D eigenvalue weighted by Crippen LogP contribution is 2.25. The Bertz CT molecular complexity index is 1360. The molecule has 0 radical (unpaired) electrons. The normalized spacial score (nSPS) is 13.1. The number of carbonyl (C=O) groups excluding carboxylic acids is 2. The molecule has 0 bridgehead atoms. The van der Waals surface area contributed by atoms with E-state index >= 15 is 0 Å². The molecule has 0 saturated carbocycles. The van der Waals surface area contributed by atoms with E-state index in [1.165, 1.54) is 47.1 Å². The summed E-state index contributed by atoms with van der Waals surface area (Å²) in [5, 5.41) is 18.5. The number of hydrogen-bond acceptors (Lipinski definition) is 6. The van der Waals surface area contributed by atoms with E-state index in [-0.39, 0.29) is 28.5 Å². The van der Waals surface area contributed by atoms with Crippen LogP contribution in [-0.2, 0) is 0 Å². The molecule has 11 heteroatoms. The van der Waals surface area contributed by atoms with Crippen LogP contribution in [0, 0.1) is 17.0 Å². The molecule has 10 nitrogen and oxygen atoms in total. The van der Waals surface area contributed by atoms with E-state index in [0.717, 1.165) is 12.8 Å². The van der Waals surface area contributed by atoms with Gasteiger partial charge in [-0.25, -0.2) is 4.68 Å². The summed E-state index contributed by atoms with van der Waals surface area (Å²) < 4.78 is 1.17. The minimum absolute atomic E-state index is 0.107. The highest BCUT2D eigenvalue weighted by atomic mass is 35.5. The first-order chi connectivity index (χ1) is 16.3.